The molecule has 0 amide bonds. The van der Waals surface area contributed by atoms with Gasteiger partial charge < -0.3 is 14.8 Å². The van der Waals surface area contributed by atoms with Crippen molar-refractivity contribution in [2.75, 3.05) is 0 Å². The van der Waals surface area contributed by atoms with Crippen molar-refractivity contribution >= 4 is 23.4 Å². The van der Waals surface area contributed by atoms with E-state index in [9.17, 15) is 10.0 Å². The highest BCUT2D eigenvalue weighted by atomic mass is 16.5. The Morgan fingerprint density at radius 1 is 0.513 bits per heavy atom. The highest BCUT2D eigenvalue weighted by molar-refractivity contribution is 6.64. The molecule has 0 aromatic heterocycles. The van der Waals surface area contributed by atoms with Crippen LogP contribution >= 0.6 is 0 Å². The molecule has 2 N–H and O–H groups in total. The zero-order chi connectivity index (χ0) is 26.1. The number of para-hydroxylation sites is 1. The van der Waals surface area contributed by atoms with Gasteiger partial charge in [0, 0.05) is 11.1 Å². The van der Waals surface area contributed by atoms with Crippen LogP contribution in [-0.4, -0.2) is 17.2 Å². The minimum Gasteiger partial charge on any atom is -0.457 e. The second kappa shape index (κ2) is 8.18. The Hall–Kier alpha value is -4.64. The molecule has 6 aromatic carbocycles. The fourth-order valence-electron chi connectivity index (χ4n) is 6.85. The van der Waals surface area contributed by atoms with Gasteiger partial charge in [-0.2, -0.15) is 0 Å². The maximum absolute atomic E-state index is 10.5. The summed E-state index contributed by atoms with van der Waals surface area (Å²) in [4.78, 5) is 0. The van der Waals surface area contributed by atoms with Crippen molar-refractivity contribution in [3.8, 4) is 33.8 Å². The second-order valence-corrected chi connectivity index (χ2v) is 10.3. The summed E-state index contributed by atoms with van der Waals surface area (Å²) in [5.74, 6) is 1.65. The second-order valence-electron chi connectivity index (χ2n) is 10.3. The minimum absolute atomic E-state index is 0.506. The molecule has 0 bridgehead atoms. The van der Waals surface area contributed by atoms with Crippen molar-refractivity contribution < 1.29 is 14.8 Å². The first-order chi connectivity index (χ1) is 19.2. The van der Waals surface area contributed by atoms with Crippen molar-refractivity contribution in [2.24, 2.45) is 0 Å². The quantitative estimate of drug-likeness (QED) is 0.260. The van der Waals surface area contributed by atoms with E-state index in [1.165, 1.54) is 22.3 Å². The van der Waals surface area contributed by atoms with Gasteiger partial charge in [0.2, 0.25) is 0 Å². The smallest absolute Gasteiger partial charge is 0.457 e. The third-order valence-corrected chi connectivity index (χ3v) is 8.39. The van der Waals surface area contributed by atoms with Crippen LogP contribution in [0.5, 0.6) is 11.5 Å². The van der Waals surface area contributed by atoms with Crippen molar-refractivity contribution in [3.63, 3.8) is 0 Å². The van der Waals surface area contributed by atoms with E-state index in [1.54, 1.807) is 0 Å². The molecule has 3 nitrogen and oxygen atoms in total. The third kappa shape index (κ3) is 2.96. The molecule has 1 spiro atoms. The number of rotatable bonds is 2. The lowest BCUT2D eigenvalue weighted by Crippen LogP contribution is -2.33. The largest absolute Gasteiger partial charge is 0.489 e. The average molecular weight is 502 g/mol. The molecule has 1 heterocycles. The van der Waals surface area contributed by atoms with E-state index >= 15 is 0 Å². The van der Waals surface area contributed by atoms with E-state index < -0.39 is 12.5 Å². The van der Waals surface area contributed by atoms with Crippen molar-refractivity contribution in [1.82, 2.24) is 0 Å². The summed E-state index contributed by atoms with van der Waals surface area (Å²) in [6.45, 7) is 0. The molecule has 0 fully saturated rings. The van der Waals surface area contributed by atoms with Crippen molar-refractivity contribution in [3.05, 3.63) is 150 Å². The summed E-state index contributed by atoms with van der Waals surface area (Å²) in [5, 5.41) is 22.9. The summed E-state index contributed by atoms with van der Waals surface area (Å²) in [7, 11) is -1.61. The van der Waals surface area contributed by atoms with Crippen LogP contribution in [0.1, 0.15) is 22.3 Å². The summed E-state index contributed by atoms with van der Waals surface area (Å²) in [6, 6.07) is 43.6. The van der Waals surface area contributed by atoms with Crippen LogP contribution < -0.4 is 10.2 Å². The zero-order valence-electron chi connectivity index (χ0n) is 21.0. The maximum Gasteiger partial charge on any atom is 0.489 e. The lowest BCUT2D eigenvalue weighted by Gasteiger charge is -2.39. The zero-order valence-corrected chi connectivity index (χ0v) is 21.0. The molecule has 0 radical (unpaired) electrons. The van der Waals surface area contributed by atoms with Crippen molar-refractivity contribution in [1.29, 1.82) is 0 Å². The van der Waals surface area contributed by atoms with E-state index in [0.29, 0.717) is 5.46 Å². The predicted octanol–water partition coefficient (Wildman–Crippen LogP) is 6.66. The highest BCUT2D eigenvalue weighted by Crippen LogP contribution is 2.62. The Morgan fingerprint density at radius 2 is 1.13 bits per heavy atom. The van der Waals surface area contributed by atoms with Gasteiger partial charge in [-0.25, -0.2) is 0 Å². The Kier molecular flexibility index (Phi) is 4.69. The lowest BCUT2D eigenvalue weighted by molar-refractivity contribution is 0.426. The van der Waals surface area contributed by atoms with Gasteiger partial charge in [-0.15, -0.1) is 0 Å². The molecule has 6 aromatic rings. The topological polar surface area (TPSA) is 49.7 Å². The molecule has 0 unspecified atom stereocenters. The fraction of sp³-hybridized carbons (Fsp3) is 0.0286. The molecule has 1 aliphatic heterocycles. The SMILES string of the molecule is OB(O)c1c(-c2ccc3c(c2)C2(c4ccccc4O3)c3ccccc3-c3ccccc32)ccc2ccccc12. The van der Waals surface area contributed by atoms with Crippen LogP contribution in [0.2, 0.25) is 0 Å². The van der Waals surface area contributed by atoms with Gasteiger partial charge in [-0.3, -0.25) is 0 Å². The molecule has 39 heavy (non-hydrogen) atoms. The first kappa shape index (κ1) is 22.4. The fourth-order valence-corrected chi connectivity index (χ4v) is 6.85. The number of hydrogen-bond donors (Lipinski definition) is 2. The van der Waals surface area contributed by atoms with Crippen LogP contribution in [0.25, 0.3) is 33.0 Å². The van der Waals surface area contributed by atoms with E-state index in [1.807, 2.05) is 60.7 Å². The van der Waals surface area contributed by atoms with Gasteiger partial charge >= 0.3 is 7.12 Å². The van der Waals surface area contributed by atoms with Crippen LogP contribution in [0, 0.1) is 0 Å². The molecular formula is C35H23BO3. The summed E-state index contributed by atoms with van der Waals surface area (Å²) in [6.07, 6.45) is 0. The Morgan fingerprint density at radius 3 is 1.87 bits per heavy atom. The number of benzene rings is 6. The van der Waals surface area contributed by atoms with Crippen LogP contribution in [0.4, 0.5) is 0 Å². The molecule has 2 aliphatic rings. The van der Waals surface area contributed by atoms with Crippen molar-refractivity contribution in [2.45, 2.75) is 5.41 Å². The first-order valence-electron chi connectivity index (χ1n) is 13.2. The molecule has 0 saturated carbocycles. The summed E-state index contributed by atoms with van der Waals surface area (Å²) >= 11 is 0. The first-order valence-corrected chi connectivity index (χ1v) is 13.2. The van der Waals surface area contributed by atoms with E-state index in [0.717, 1.165) is 44.5 Å². The third-order valence-electron chi connectivity index (χ3n) is 8.39. The molecule has 8 rings (SSSR count). The Labute approximate surface area is 226 Å². The average Bonchev–Trinajstić information content (AvgIpc) is 3.27. The highest BCUT2D eigenvalue weighted by Gasteiger charge is 2.51. The standard InChI is InChI=1S/C35H23BO3/c37-36(38)34-24-10-2-1-9-22(24)17-19-25(34)23-18-20-33-31(21-23)35(30-15-7-8-16-32(30)39-33)28-13-5-3-11-26(28)27-12-4-6-14-29(27)35/h1-21,37-38H. The molecule has 0 atom stereocenters. The summed E-state index contributed by atoms with van der Waals surface area (Å²) in [5.41, 5.74) is 8.68. The number of hydrogen-bond acceptors (Lipinski definition) is 3. The van der Waals surface area contributed by atoms with Gasteiger partial charge in [0.25, 0.3) is 0 Å². The Bertz CT molecular complexity index is 1900. The van der Waals surface area contributed by atoms with Gasteiger partial charge in [0.05, 0.1) is 5.41 Å². The summed E-state index contributed by atoms with van der Waals surface area (Å²) < 4.78 is 6.53. The van der Waals surface area contributed by atoms with Gasteiger partial charge in [-0.05, 0) is 67.8 Å². The minimum atomic E-state index is -1.61. The Balaban J connectivity index is 1.48. The monoisotopic (exact) mass is 502 g/mol. The van der Waals surface area contributed by atoms with Gasteiger partial charge in [0.1, 0.15) is 11.5 Å². The van der Waals surface area contributed by atoms with E-state index in [-0.39, 0.29) is 0 Å². The van der Waals surface area contributed by atoms with Crippen LogP contribution in [-0.2, 0) is 5.41 Å². The number of ether oxygens (including phenoxy) is 1. The molecule has 1 aliphatic carbocycles. The van der Waals surface area contributed by atoms with Gasteiger partial charge in [-0.1, -0.05) is 109 Å². The molecule has 184 valence electrons. The van der Waals surface area contributed by atoms with Crippen LogP contribution in [0.15, 0.2) is 127 Å². The molecular weight excluding hydrogens is 479 g/mol. The predicted molar refractivity (Wildman–Crippen MR) is 157 cm³/mol. The lowest BCUT2D eigenvalue weighted by atomic mass is 9.65. The normalized spacial score (nSPS) is 13.8. The molecule has 4 heteroatoms. The van der Waals surface area contributed by atoms with E-state index in [2.05, 4.69) is 66.7 Å². The number of fused-ring (bicyclic) bond motifs is 10. The van der Waals surface area contributed by atoms with Crippen LogP contribution in [0.3, 0.4) is 0 Å². The maximum atomic E-state index is 10.5. The van der Waals surface area contributed by atoms with E-state index in [4.69, 9.17) is 4.74 Å². The van der Waals surface area contributed by atoms with Gasteiger partial charge in [0.15, 0.2) is 0 Å². The molecule has 0 saturated heterocycles.